The third kappa shape index (κ3) is 7.16. The molecule has 1 aliphatic rings. The largest absolute Gasteiger partial charge is 0.444 e. The summed E-state index contributed by atoms with van der Waals surface area (Å²) in [6.45, 7) is 6.31. The minimum Gasteiger partial charge on any atom is -0.444 e. The Balaban J connectivity index is 1.60. The van der Waals surface area contributed by atoms with E-state index in [1.54, 1.807) is 12.1 Å². The number of ether oxygens (including phenoxy) is 1. The van der Waals surface area contributed by atoms with E-state index in [-0.39, 0.29) is 23.4 Å². The summed E-state index contributed by atoms with van der Waals surface area (Å²) in [7, 11) is 0. The second kappa shape index (κ2) is 10.7. The number of piperidine rings is 1. The Bertz CT molecular complexity index is 891. The maximum atomic E-state index is 13.2. The summed E-state index contributed by atoms with van der Waals surface area (Å²) >= 11 is 0. The van der Waals surface area contributed by atoms with E-state index in [9.17, 15) is 14.0 Å². The van der Waals surface area contributed by atoms with Crippen molar-refractivity contribution in [1.29, 1.82) is 0 Å². The first-order valence-electron chi connectivity index (χ1n) is 11.3. The Morgan fingerprint density at radius 1 is 1.09 bits per heavy atom. The molecule has 1 fully saturated rings. The van der Waals surface area contributed by atoms with Crippen LogP contribution < -0.4 is 5.73 Å². The Hall–Kier alpha value is -2.73. The van der Waals surface area contributed by atoms with Gasteiger partial charge in [0.25, 0.3) is 0 Å². The van der Waals surface area contributed by atoms with Gasteiger partial charge in [0, 0.05) is 18.0 Å². The fraction of sp³-hybridized carbons (Fsp3) is 0.462. The molecule has 1 saturated heterocycles. The van der Waals surface area contributed by atoms with Crippen molar-refractivity contribution in [3.05, 3.63) is 71.5 Å². The van der Waals surface area contributed by atoms with Crippen molar-refractivity contribution in [1.82, 2.24) is 4.90 Å². The van der Waals surface area contributed by atoms with Crippen LogP contribution in [-0.4, -0.2) is 42.0 Å². The van der Waals surface area contributed by atoms with Gasteiger partial charge < -0.3 is 15.4 Å². The number of nitrogens with two attached hydrogens (primary N) is 1. The van der Waals surface area contributed by atoms with Gasteiger partial charge in [-0.1, -0.05) is 30.3 Å². The number of benzene rings is 2. The lowest BCUT2D eigenvalue weighted by Gasteiger charge is -2.36. The van der Waals surface area contributed by atoms with Gasteiger partial charge in [-0.05, 0) is 88.4 Å². The number of amides is 1. The SMILES string of the molecule is CC(C)(C[C@@H](Cc1ccccc1)CN1CCC(C(=O)c2ccc(F)cc2)CC1)OC(N)=O. The maximum Gasteiger partial charge on any atom is 0.405 e. The van der Waals surface area contributed by atoms with Crippen LogP contribution in [0.4, 0.5) is 9.18 Å². The average molecular weight is 441 g/mol. The van der Waals surface area contributed by atoms with Gasteiger partial charge in [-0.3, -0.25) is 4.79 Å². The molecule has 0 bridgehead atoms. The lowest BCUT2D eigenvalue weighted by Crippen LogP contribution is -2.42. The molecule has 0 radical (unpaired) electrons. The summed E-state index contributed by atoms with van der Waals surface area (Å²) in [6, 6.07) is 16.1. The highest BCUT2D eigenvalue weighted by Gasteiger charge is 2.31. The number of carbonyl (C=O) groups excluding carboxylic acids is 2. The Labute approximate surface area is 189 Å². The lowest BCUT2D eigenvalue weighted by molar-refractivity contribution is 0.0200. The van der Waals surface area contributed by atoms with Crippen LogP contribution in [-0.2, 0) is 11.2 Å². The molecular weight excluding hydrogens is 407 g/mol. The number of hydrogen-bond donors (Lipinski definition) is 1. The number of carbonyl (C=O) groups is 2. The van der Waals surface area contributed by atoms with Crippen LogP contribution in [0.15, 0.2) is 54.6 Å². The van der Waals surface area contributed by atoms with Crippen LogP contribution in [0, 0.1) is 17.7 Å². The number of hydrogen-bond acceptors (Lipinski definition) is 4. The van der Waals surface area contributed by atoms with E-state index in [4.69, 9.17) is 10.5 Å². The van der Waals surface area contributed by atoms with Crippen LogP contribution >= 0.6 is 0 Å². The molecule has 1 aliphatic heterocycles. The number of likely N-dealkylation sites (tertiary alicyclic amines) is 1. The van der Waals surface area contributed by atoms with Gasteiger partial charge in [-0.2, -0.15) is 0 Å². The standard InChI is InChI=1S/C26H33FN2O3/c1-26(2,32-25(28)31)17-20(16-19-6-4-3-5-7-19)18-29-14-12-22(13-15-29)24(30)21-8-10-23(27)11-9-21/h3-11,20,22H,12-18H2,1-2H3,(H2,28,31)/t20-/m1/s1. The Morgan fingerprint density at radius 3 is 2.31 bits per heavy atom. The molecule has 2 aromatic rings. The topological polar surface area (TPSA) is 72.6 Å². The second-order valence-electron chi connectivity index (χ2n) is 9.39. The highest BCUT2D eigenvalue weighted by atomic mass is 19.1. The number of halogens is 1. The second-order valence-corrected chi connectivity index (χ2v) is 9.39. The van der Waals surface area contributed by atoms with Crippen molar-refractivity contribution in [3.63, 3.8) is 0 Å². The first kappa shape index (κ1) is 23.9. The van der Waals surface area contributed by atoms with Crippen molar-refractivity contribution in [3.8, 4) is 0 Å². The molecule has 6 heteroatoms. The molecular formula is C26H33FN2O3. The molecule has 32 heavy (non-hydrogen) atoms. The third-order valence-electron chi connectivity index (χ3n) is 6.13. The monoisotopic (exact) mass is 440 g/mol. The minimum atomic E-state index is -0.756. The van der Waals surface area contributed by atoms with E-state index >= 15 is 0 Å². The summed E-state index contributed by atoms with van der Waals surface area (Å²) in [5.74, 6) is 0.0144. The maximum absolute atomic E-state index is 13.2. The fourth-order valence-electron chi connectivity index (χ4n) is 4.75. The van der Waals surface area contributed by atoms with Gasteiger partial charge in [0.2, 0.25) is 0 Å². The summed E-state index contributed by atoms with van der Waals surface area (Å²) < 4.78 is 18.5. The van der Waals surface area contributed by atoms with Gasteiger partial charge in [-0.15, -0.1) is 0 Å². The van der Waals surface area contributed by atoms with Crippen LogP contribution in [0.1, 0.15) is 49.0 Å². The van der Waals surface area contributed by atoms with Crippen LogP contribution in [0.5, 0.6) is 0 Å². The van der Waals surface area contributed by atoms with Crippen molar-refractivity contribution in [2.45, 2.75) is 45.1 Å². The highest BCUT2D eigenvalue weighted by molar-refractivity contribution is 5.97. The Morgan fingerprint density at radius 2 is 1.72 bits per heavy atom. The predicted octanol–water partition coefficient (Wildman–Crippen LogP) is 4.84. The summed E-state index contributed by atoms with van der Waals surface area (Å²) in [5.41, 5.74) is 6.44. The minimum absolute atomic E-state index is 0.0288. The van der Waals surface area contributed by atoms with Crippen molar-refractivity contribution in [2.75, 3.05) is 19.6 Å². The number of nitrogens with zero attached hydrogens (tertiary/aromatic N) is 1. The summed E-state index contributed by atoms with van der Waals surface area (Å²) in [4.78, 5) is 26.5. The van der Waals surface area contributed by atoms with Crippen LogP contribution in [0.2, 0.25) is 0 Å². The highest BCUT2D eigenvalue weighted by Crippen LogP contribution is 2.27. The average Bonchev–Trinajstić information content (AvgIpc) is 2.74. The van der Waals surface area contributed by atoms with E-state index < -0.39 is 11.7 Å². The first-order valence-corrected chi connectivity index (χ1v) is 11.3. The van der Waals surface area contributed by atoms with Crippen LogP contribution in [0.3, 0.4) is 0 Å². The molecule has 5 nitrogen and oxygen atoms in total. The number of ketones is 1. The molecule has 2 aromatic carbocycles. The molecule has 0 aromatic heterocycles. The van der Waals surface area contributed by atoms with Gasteiger partial charge in [0.15, 0.2) is 5.78 Å². The number of primary amides is 1. The fourth-order valence-corrected chi connectivity index (χ4v) is 4.75. The smallest absolute Gasteiger partial charge is 0.405 e. The predicted molar refractivity (Wildman–Crippen MR) is 123 cm³/mol. The molecule has 1 amide bonds. The zero-order chi connectivity index (χ0) is 23.1. The zero-order valence-corrected chi connectivity index (χ0v) is 18.9. The zero-order valence-electron chi connectivity index (χ0n) is 18.9. The molecule has 0 saturated carbocycles. The van der Waals surface area contributed by atoms with Gasteiger partial charge in [0.1, 0.15) is 11.4 Å². The van der Waals surface area contributed by atoms with Crippen molar-refractivity contribution >= 4 is 11.9 Å². The lowest BCUT2D eigenvalue weighted by atomic mass is 9.85. The Kier molecular flexibility index (Phi) is 8.02. The number of rotatable bonds is 9. The van der Waals surface area contributed by atoms with Gasteiger partial charge in [0.05, 0.1) is 0 Å². The van der Waals surface area contributed by atoms with E-state index in [0.29, 0.717) is 12.0 Å². The number of Topliss-reactive ketones (excluding diaryl/α,β-unsaturated/α-hetero) is 1. The van der Waals surface area contributed by atoms with Crippen molar-refractivity contribution < 1.29 is 18.7 Å². The van der Waals surface area contributed by atoms with Crippen LogP contribution in [0.25, 0.3) is 0 Å². The molecule has 0 unspecified atom stereocenters. The third-order valence-corrected chi connectivity index (χ3v) is 6.13. The molecule has 1 atom stereocenters. The molecule has 172 valence electrons. The molecule has 3 rings (SSSR count). The quantitative estimate of drug-likeness (QED) is 0.566. The molecule has 0 spiro atoms. The van der Waals surface area contributed by atoms with Gasteiger partial charge >= 0.3 is 6.09 Å². The van der Waals surface area contributed by atoms with E-state index in [2.05, 4.69) is 17.0 Å². The van der Waals surface area contributed by atoms with E-state index in [1.165, 1.54) is 17.7 Å². The van der Waals surface area contributed by atoms with Gasteiger partial charge in [-0.25, -0.2) is 9.18 Å². The molecule has 0 aliphatic carbocycles. The van der Waals surface area contributed by atoms with Crippen molar-refractivity contribution in [2.24, 2.45) is 17.6 Å². The molecule has 2 N–H and O–H groups in total. The first-order chi connectivity index (χ1) is 15.2. The summed E-state index contributed by atoms with van der Waals surface area (Å²) in [6.07, 6.45) is 2.39. The van der Waals surface area contributed by atoms with E-state index in [1.807, 2.05) is 32.0 Å². The normalized spacial score (nSPS) is 16.5. The molecule has 1 heterocycles. The van der Waals surface area contributed by atoms with E-state index in [0.717, 1.165) is 38.9 Å². The summed E-state index contributed by atoms with van der Waals surface area (Å²) in [5, 5.41) is 0.